The molecule has 0 aliphatic rings. The van der Waals surface area contributed by atoms with Gasteiger partial charge < -0.3 is 0 Å². The van der Waals surface area contributed by atoms with Crippen molar-refractivity contribution in [2.45, 2.75) is 4.90 Å². The highest BCUT2D eigenvalue weighted by atomic mass is 32.2. The summed E-state index contributed by atoms with van der Waals surface area (Å²) in [6.45, 7) is 0. The Morgan fingerprint density at radius 3 is 2.21 bits per heavy atom. The maximum atomic E-state index is 11.1. The van der Waals surface area contributed by atoms with Crippen molar-refractivity contribution in [2.24, 2.45) is 0 Å². The van der Waals surface area contributed by atoms with Gasteiger partial charge in [0.2, 0.25) is 0 Å². The molecule has 1 rings (SSSR count). The summed E-state index contributed by atoms with van der Waals surface area (Å²) in [6.07, 6.45) is 1.14. The predicted molar refractivity (Wildman–Crippen MR) is 52.0 cm³/mol. The number of hydrogen-bond donors (Lipinski definition) is 0. The Morgan fingerprint density at radius 2 is 1.79 bits per heavy atom. The molecule has 0 aliphatic carbocycles. The molecular weight excluding hydrogens is 198 g/mol. The second kappa shape index (κ2) is 3.95. The van der Waals surface area contributed by atoms with Crippen molar-refractivity contribution < 1.29 is 8.42 Å². The first kappa shape index (κ1) is 10.3. The molecule has 0 heterocycles. The zero-order valence-corrected chi connectivity index (χ0v) is 8.30. The molecule has 0 unspecified atom stereocenters. The van der Waals surface area contributed by atoms with E-state index in [4.69, 9.17) is 5.26 Å². The van der Waals surface area contributed by atoms with Crippen molar-refractivity contribution in [1.82, 2.24) is 0 Å². The van der Waals surface area contributed by atoms with Crippen molar-refractivity contribution in [3.63, 3.8) is 0 Å². The maximum absolute atomic E-state index is 11.1. The summed E-state index contributed by atoms with van der Waals surface area (Å²) in [4.78, 5) is 0.250. The lowest BCUT2D eigenvalue weighted by Gasteiger charge is -1.96. The minimum atomic E-state index is -3.15. The molecule has 0 aromatic heterocycles. The summed E-state index contributed by atoms with van der Waals surface area (Å²) in [5.41, 5.74) is 0.624. The highest BCUT2D eigenvalue weighted by molar-refractivity contribution is 7.90. The average Bonchev–Trinajstić information content (AvgIpc) is 2.14. The SMILES string of the molecule is CS(=O)(=O)c1ccc(C#CC#N)cc1. The molecule has 0 spiro atoms. The molecule has 1 aromatic carbocycles. The van der Waals surface area contributed by atoms with Crippen LogP contribution in [0.2, 0.25) is 0 Å². The van der Waals surface area contributed by atoms with Crippen LogP contribution in [0.5, 0.6) is 0 Å². The molecule has 0 bridgehead atoms. The van der Waals surface area contributed by atoms with Crippen LogP contribution in [0.3, 0.4) is 0 Å². The Morgan fingerprint density at radius 1 is 1.21 bits per heavy atom. The highest BCUT2D eigenvalue weighted by Crippen LogP contribution is 2.09. The fourth-order valence-corrected chi connectivity index (χ4v) is 1.52. The van der Waals surface area contributed by atoms with Gasteiger partial charge in [0, 0.05) is 17.7 Å². The molecule has 3 nitrogen and oxygen atoms in total. The highest BCUT2D eigenvalue weighted by Gasteiger charge is 2.04. The molecule has 0 fully saturated rings. The molecule has 1 aromatic rings. The Kier molecular flexibility index (Phi) is 2.91. The molecule has 0 aliphatic heterocycles. The van der Waals surface area contributed by atoms with Gasteiger partial charge in [-0.05, 0) is 24.3 Å². The lowest BCUT2D eigenvalue weighted by molar-refractivity contribution is 0.602. The van der Waals surface area contributed by atoms with E-state index in [1.165, 1.54) is 12.1 Å². The van der Waals surface area contributed by atoms with E-state index in [0.29, 0.717) is 5.56 Å². The largest absolute Gasteiger partial charge is 0.224 e. The molecule has 0 saturated carbocycles. The first-order chi connectivity index (χ1) is 6.54. The van der Waals surface area contributed by atoms with Crippen molar-refractivity contribution in [3.05, 3.63) is 29.8 Å². The van der Waals surface area contributed by atoms with Gasteiger partial charge in [-0.1, -0.05) is 5.92 Å². The molecule has 0 N–H and O–H groups in total. The summed E-state index contributed by atoms with van der Waals surface area (Å²) in [6, 6.07) is 7.76. The second-order valence-electron chi connectivity index (χ2n) is 2.66. The number of rotatable bonds is 1. The Bertz CT molecular complexity index is 524. The normalized spacial score (nSPS) is 9.71. The van der Waals surface area contributed by atoms with E-state index in [2.05, 4.69) is 11.8 Å². The Labute approximate surface area is 82.9 Å². The molecule has 0 saturated heterocycles. The van der Waals surface area contributed by atoms with Crippen LogP contribution in [-0.2, 0) is 9.84 Å². The number of nitrogens with zero attached hydrogens (tertiary/aromatic N) is 1. The summed E-state index contributed by atoms with van der Waals surface area (Å²) < 4.78 is 22.1. The summed E-state index contributed by atoms with van der Waals surface area (Å²) in [7, 11) is -3.15. The lowest BCUT2D eigenvalue weighted by atomic mass is 10.2. The summed E-state index contributed by atoms with van der Waals surface area (Å²) in [5.74, 6) is 4.80. The van der Waals surface area contributed by atoms with Crippen LogP contribution in [0.15, 0.2) is 29.2 Å². The minimum absolute atomic E-state index is 0.250. The van der Waals surface area contributed by atoms with Crippen molar-refractivity contribution in [3.8, 4) is 17.9 Å². The first-order valence-electron chi connectivity index (χ1n) is 3.74. The van der Waals surface area contributed by atoms with Crippen LogP contribution in [0.4, 0.5) is 0 Å². The molecule has 70 valence electrons. The van der Waals surface area contributed by atoms with Crippen LogP contribution in [0.1, 0.15) is 5.56 Å². The molecule has 0 atom stereocenters. The number of nitriles is 1. The van der Waals surface area contributed by atoms with Gasteiger partial charge in [0.05, 0.1) is 4.90 Å². The third-order valence-corrected chi connectivity index (χ3v) is 2.67. The van der Waals surface area contributed by atoms with Crippen molar-refractivity contribution in [1.29, 1.82) is 5.26 Å². The summed E-state index contributed by atoms with van der Waals surface area (Å²) >= 11 is 0. The van der Waals surface area contributed by atoms with Crippen LogP contribution >= 0.6 is 0 Å². The minimum Gasteiger partial charge on any atom is -0.224 e. The lowest BCUT2D eigenvalue weighted by Crippen LogP contribution is -1.96. The van der Waals surface area contributed by atoms with Gasteiger partial charge in [-0.2, -0.15) is 5.26 Å². The third kappa shape index (κ3) is 2.62. The maximum Gasteiger partial charge on any atom is 0.175 e. The Hall–Kier alpha value is -1.78. The third-order valence-electron chi connectivity index (χ3n) is 1.55. The van der Waals surface area contributed by atoms with Crippen LogP contribution < -0.4 is 0 Å². The van der Waals surface area contributed by atoms with Gasteiger partial charge >= 0.3 is 0 Å². The van der Waals surface area contributed by atoms with Gasteiger partial charge in [0.25, 0.3) is 0 Å². The number of benzene rings is 1. The fraction of sp³-hybridized carbons (Fsp3) is 0.100. The first-order valence-corrected chi connectivity index (χ1v) is 5.63. The average molecular weight is 205 g/mol. The number of sulfone groups is 1. The predicted octanol–water partition coefficient (Wildman–Crippen LogP) is 0.965. The summed E-state index contributed by atoms with van der Waals surface area (Å²) in [5, 5.41) is 8.19. The van der Waals surface area contributed by atoms with Gasteiger partial charge in [0.15, 0.2) is 15.9 Å². The van der Waals surface area contributed by atoms with Gasteiger partial charge in [0.1, 0.15) is 0 Å². The monoisotopic (exact) mass is 205 g/mol. The molecule has 0 amide bonds. The molecule has 4 heteroatoms. The van der Waals surface area contributed by atoms with Crippen molar-refractivity contribution in [2.75, 3.05) is 6.26 Å². The van der Waals surface area contributed by atoms with E-state index in [9.17, 15) is 8.42 Å². The van der Waals surface area contributed by atoms with E-state index < -0.39 is 9.84 Å². The van der Waals surface area contributed by atoms with E-state index in [1.807, 2.05) is 0 Å². The standard InChI is InChI=1S/C10H7NO2S/c1-14(12,13)10-6-4-9(5-7-10)3-2-8-11/h4-7H,1H3. The molecular formula is C10H7NO2S. The van der Waals surface area contributed by atoms with E-state index in [1.54, 1.807) is 18.2 Å². The zero-order valence-electron chi connectivity index (χ0n) is 7.48. The smallest absolute Gasteiger partial charge is 0.175 e. The van der Waals surface area contributed by atoms with Crippen LogP contribution in [0, 0.1) is 23.2 Å². The van der Waals surface area contributed by atoms with Gasteiger partial charge in [-0.25, -0.2) is 8.42 Å². The fourth-order valence-electron chi connectivity index (χ4n) is 0.886. The second-order valence-corrected chi connectivity index (χ2v) is 4.67. The number of hydrogen-bond acceptors (Lipinski definition) is 3. The van der Waals surface area contributed by atoms with Gasteiger partial charge in [-0.15, -0.1) is 0 Å². The van der Waals surface area contributed by atoms with Gasteiger partial charge in [-0.3, -0.25) is 0 Å². The van der Waals surface area contributed by atoms with E-state index in [0.717, 1.165) is 6.26 Å². The Balaban J connectivity index is 3.09. The van der Waals surface area contributed by atoms with Crippen LogP contribution in [0.25, 0.3) is 0 Å². The van der Waals surface area contributed by atoms with Crippen LogP contribution in [-0.4, -0.2) is 14.7 Å². The van der Waals surface area contributed by atoms with Crippen molar-refractivity contribution >= 4 is 9.84 Å². The zero-order chi connectivity index (χ0) is 10.6. The van der Waals surface area contributed by atoms with E-state index >= 15 is 0 Å². The topological polar surface area (TPSA) is 57.9 Å². The van der Waals surface area contributed by atoms with E-state index in [-0.39, 0.29) is 4.90 Å². The molecule has 0 radical (unpaired) electrons. The molecule has 14 heavy (non-hydrogen) atoms. The quantitative estimate of drug-likeness (QED) is 0.642.